The maximum atomic E-state index is 12.6. The molecule has 0 spiro atoms. The van der Waals surface area contributed by atoms with E-state index in [1.54, 1.807) is 24.3 Å². The van der Waals surface area contributed by atoms with Crippen molar-refractivity contribution in [2.24, 2.45) is 0 Å². The van der Waals surface area contributed by atoms with Crippen molar-refractivity contribution in [3.8, 4) is 0 Å². The minimum Gasteiger partial charge on any atom is -0.465 e. The number of hydrogen-bond acceptors (Lipinski definition) is 5. The third-order valence-corrected chi connectivity index (χ3v) is 4.84. The smallest absolute Gasteiger partial charge is 0.337 e. The Bertz CT molecular complexity index is 802. The minimum atomic E-state index is -0.441. The minimum absolute atomic E-state index is 0.224. The van der Waals surface area contributed by atoms with Gasteiger partial charge in [-0.3, -0.25) is 4.79 Å². The number of nitrogens with zero attached hydrogens (tertiary/aromatic N) is 1. The molecule has 1 aliphatic rings. The van der Waals surface area contributed by atoms with E-state index in [9.17, 15) is 9.59 Å². The summed E-state index contributed by atoms with van der Waals surface area (Å²) >= 11 is 2.19. The summed E-state index contributed by atoms with van der Waals surface area (Å²) in [6.07, 6.45) is 0. The lowest BCUT2D eigenvalue weighted by atomic mass is 10.1. The molecule has 1 saturated heterocycles. The van der Waals surface area contributed by atoms with Crippen LogP contribution in [0.2, 0.25) is 0 Å². The van der Waals surface area contributed by atoms with Gasteiger partial charge in [0, 0.05) is 22.2 Å². The lowest BCUT2D eigenvalue weighted by Gasteiger charge is -2.30. The Kier molecular flexibility index (Phi) is 6.10. The summed E-state index contributed by atoms with van der Waals surface area (Å²) in [4.78, 5) is 26.6. The second-order valence-corrected chi connectivity index (χ2v) is 7.03. The van der Waals surface area contributed by atoms with Crippen LogP contribution in [0.5, 0.6) is 0 Å². The average Bonchev–Trinajstić information content (AvgIpc) is 2.68. The number of halogens is 1. The van der Waals surface area contributed by atoms with E-state index in [-0.39, 0.29) is 5.91 Å². The molecule has 1 N–H and O–H groups in total. The number of rotatable bonds is 4. The number of carbonyl (C=O) groups excluding carboxylic acids is 2. The van der Waals surface area contributed by atoms with E-state index >= 15 is 0 Å². The highest BCUT2D eigenvalue weighted by molar-refractivity contribution is 14.1. The Morgan fingerprint density at radius 2 is 1.73 bits per heavy atom. The van der Waals surface area contributed by atoms with Gasteiger partial charge in [0.15, 0.2) is 0 Å². The number of benzene rings is 2. The Hall–Kier alpha value is -2.13. The van der Waals surface area contributed by atoms with Gasteiger partial charge in [0.25, 0.3) is 5.91 Å². The Balaban J connectivity index is 1.91. The predicted octanol–water partition coefficient (Wildman–Crippen LogP) is 3.17. The first kappa shape index (κ1) is 18.7. The van der Waals surface area contributed by atoms with E-state index in [1.807, 2.05) is 18.2 Å². The number of anilines is 2. The first-order chi connectivity index (χ1) is 12.6. The molecule has 0 aliphatic carbocycles. The Morgan fingerprint density at radius 1 is 1.08 bits per heavy atom. The predicted molar refractivity (Wildman–Crippen MR) is 108 cm³/mol. The van der Waals surface area contributed by atoms with Crippen molar-refractivity contribution < 1.29 is 19.1 Å². The molecule has 1 fully saturated rings. The third-order valence-electron chi connectivity index (χ3n) is 4.12. The number of ether oxygens (including phenoxy) is 2. The van der Waals surface area contributed by atoms with Crippen molar-refractivity contribution in [2.45, 2.75) is 0 Å². The molecule has 0 saturated carbocycles. The number of carbonyl (C=O) groups is 2. The van der Waals surface area contributed by atoms with Crippen LogP contribution in [-0.4, -0.2) is 45.3 Å². The summed E-state index contributed by atoms with van der Waals surface area (Å²) in [7, 11) is 1.34. The van der Waals surface area contributed by atoms with Crippen LogP contribution < -0.4 is 10.2 Å². The number of esters is 1. The summed E-state index contributed by atoms with van der Waals surface area (Å²) in [5, 5.41) is 2.93. The maximum Gasteiger partial charge on any atom is 0.337 e. The summed E-state index contributed by atoms with van der Waals surface area (Å²) in [5.41, 5.74) is 2.39. The first-order valence-corrected chi connectivity index (χ1v) is 9.28. The monoisotopic (exact) mass is 466 g/mol. The quantitative estimate of drug-likeness (QED) is 0.554. The van der Waals surface area contributed by atoms with Crippen LogP contribution in [0.4, 0.5) is 11.4 Å². The normalized spacial score (nSPS) is 14.0. The van der Waals surface area contributed by atoms with Crippen molar-refractivity contribution in [3.63, 3.8) is 0 Å². The molecule has 2 aromatic rings. The largest absolute Gasteiger partial charge is 0.465 e. The highest BCUT2D eigenvalue weighted by Crippen LogP contribution is 2.29. The van der Waals surface area contributed by atoms with Crippen LogP contribution in [0.15, 0.2) is 42.5 Å². The van der Waals surface area contributed by atoms with E-state index in [1.165, 1.54) is 7.11 Å². The molecule has 7 heteroatoms. The van der Waals surface area contributed by atoms with Crippen molar-refractivity contribution in [1.29, 1.82) is 0 Å². The molecular weight excluding hydrogens is 447 g/mol. The number of amides is 1. The van der Waals surface area contributed by atoms with Crippen LogP contribution in [-0.2, 0) is 9.47 Å². The van der Waals surface area contributed by atoms with E-state index in [0.717, 1.165) is 22.3 Å². The van der Waals surface area contributed by atoms with Crippen molar-refractivity contribution in [1.82, 2.24) is 0 Å². The first-order valence-electron chi connectivity index (χ1n) is 8.20. The lowest BCUT2D eigenvalue weighted by molar-refractivity contribution is 0.0600. The second-order valence-electron chi connectivity index (χ2n) is 5.78. The van der Waals surface area contributed by atoms with Gasteiger partial charge in [0.2, 0.25) is 0 Å². The summed E-state index contributed by atoms with van der Waals surface area (Å²) in [5.74, 6) is -0.666. The second kappa shape index (κ2) is 8.50. The molecule has 0 atom stereocenters. The number of morpholine rings is 1. The molecule has 26 heavy (non-hydrogen) atoms. The molecule has 1 amide bonds. The van der Waals surface area contributed by atoms with Crippen molar-refractivity contribution >= 4 is 45.8 Å². The van der Waals surface area contributed by atoms with E-state index < -0.39 is 5.97 Å². The molecule has 0 aromatic heterocycles. The molecule has 1 aliphatic heterocycles. The fourth-order valence-corrected chi connectivity index (χ4v) is 3.12. The standard InChI is InChI=1S/C19H19IN2O4/c1-25-19(24)14-4-7-17(22-8-10-26-11-9-22)16(12-14)21-18(23)13-2-5-15(20)6-3-13/h2-7,12H,8-11H2,1H3,(H,21,23). The molecule has 3 rings (SSSR count). The van der Waals surface area contributed by atoms with Gasteiger partial charge in [-0.05, 0) is 65.1 Å². The summed E-state index contributed by atoms with van der Waals surface area (Å²) in [6, 6.07) is 12.5. The van der Waals surface area contributed by atoms with Crippen LogP contribution in [0.25, 0.3) is 0 Å². The van der Waals surface area contributed by atoms with Gasteiger partial charge in [-0.15, -0.1) is 0 Å². The third kappa shape index (κ3) is 4.34. The van der Waals surface area contributed by atoms with Gasteiger partial charge in [0.05, 0.1) is 37.3 Å². The average molecular weight is 466 g/mol. The number of nitrogens with one attached hydrogen (secondary N) is 1. The highest BCUT2D eigenvalue weighted by atomic mass is 127. The van der Waals surface area contributed by atoms with Crippen molar-refractivity contribution in [2.75, 3.05) is 43.6 Å². The molecular formula is C19H19IN2O4. The molecule has 136 valence electrons. The molecule has 6 nitrogen and oxygen atoms in total. The molecule has 2 aromatic carbocycles. The highest BCUT2D eigenvalue weighted by Gasteiger charge is 2.19. The fraction of sp³-hybridized carbons (Fsp3) is 0.263. The van der Waals surface area contributed by atoms with Crippen LogP contribution in [0.3, 0.4) is 0 Å². The van der Waals surface area contributed by atoms with E-state index in [2.05, 4.69) is 32.8 Å². The van der Waals surface area contributed by atoms with E-state index in [4.69, 9.17) is 9.47 Å². The van der Waals surface area contributed by atoms with E-state index in [0.29, 0.717) is 30.0 Å². The molecule has 0 bridgehead atoms. The topological polar surface area (TPSA) is 67.9 Å². The fourth-order valence-electron chi connectivity index (χ4n) is 2.76. The summed E-state index contributed by atoms with van der Waals surface area (Å²) < 4.78 is 11.2. The van der Waals surface area contributed by atoms with Crippen LogP contribution in [0.1, 0.15) is 20.7 Å². The van der Waals surface area contributed by atoms with Crippen LogP contribution in [0, 0.1) is 3.57 Å². The molecule has 0 radical (unpaired) electrons. The Morgan fingerprint density at radius 3 is 2.38 bits per heavy atom. The van der Waals surface area contributed by atoms with Gasteiger partial charge in [-0.1, -0.05) is 0 Å². The zero-order valence-electron chi connectivity index (χ0n) is 14.3. The SMILES string of the molecule is COC(=O)c1ccc(N2CCOCC2)c(NC(=O)c2ccc(I)cc2)c1. The van der Waals surface area contributed by atoms with Gasteiger partial charge < -0.3 is 19.7 Å². The zero-order valence-corrected chi connectivity index (χ0v) is 16.5. The Labute approximate surface area is 165 Å². The van der Waals surface area contributed by atoms with Crippen molar-refractivity contribution in [3.05, 3.63) is 57.2 Å². The van der Waals surface area contributed by atoms with Gasteiger partial charge in [-0.25, -0.2) is 4.79 Å². The summed E-state index contributed by atoms with van der Waals surface area (Å²) in [6.45, 7) is 2.71. The molecule has 1 heterocycles. The zero-order chi connectivity index (χ0) is 18.5. The van der Waals surface area contributed by atoms with Gasteiger partial charge in [0.1, 0.15) is 0 Å². The number of methoxy groups -OCH3 is 1. The number of hydrogen-bond donors (Lipinski definition) is 1. The molecule has 0 unspecified atom stereocenters. The van der Waals surface area contributed by atoms with Gasteiger partial charge in [-0.2, -0.15) is 0 Å². The maximum absolute atomic E-state index is 12.6. The lowest BCUT2D eigenvalue weighted by Crippen LogP contribution is -2.36. The van der Waals surface area contributed by atoms with Gasteiger partial charge >= 0.3 is 5.97 Å². The van der Waals surface area contributed by atoms with Crippen LogP contribution >= 0.6 is 22.6 Å².